The largest absolute Gasteiger partial charge is 0.412 e. The maximum absolute atomic E-state index is 13.0. The number of rotatable bonds is 4. The van der Waals surface area contributed by atoms with E-state index in [-0.39, 0.29) is 23.0 Å². The molecule has 1 aromatic rings. The monoisotopic (exact) mass is 373 g/mol. The first kappa shape index (κ1) is 20.9. The van der Waals surface area contributed by atoms with E-state index in [0.717, 1.165) is 12.8 Å². The first-order valence-corrected chi connectivity index (χ1v) is 12.7. The van der Waals surface area contributed by atoms with Crippen LogP contribution in [0.15, 0.2) is 42.5 Å². The Kier molecular flexibility index (Phi) is 6.86. The average molecular weight is 374 g/mol. The van der Waals surface area contributed by atoms with Crippen molar-refractivity contribution in [1.82, 2.24) is 4.90 Å². The standard InChI is InChI=1S/C22H35NO2Si/c1-18-12-10-11-15-20(25-26(5,6)22(2,3)4)17-23(21(18)24)16-19-13-8-7-9-14-19/h7-11,13-14,18,20H,12,15-17H2,1-6H3/b11-10+/t18-,20-/m1/s1. The van der Waals surface area contributed by atoms with Crippen molar-refractivity contribution in [1.29, 1.82) is 0 Å². The minimum absolute atomic E-state index is 0.0154. The smallest absolute Gasteiger partial charge is 0.226 e. The van der Waals surface area contributed by atoms with E-state index in [2.05, 4.69) is 58.2 Å². The van der Waals surface area contributed by atoms with Crippen LogP contribution in [-0.2, 0) is 15.8 Å². The van der Waals surface area contributed by atoms with Crippen LogP contribution in [0.2, 0.25) is 18.1 Å². The number of carbonyl (C=O) groups is 1. The van der Waals surface area contributed by atoms with E-state index in [1.807, 2.05) is 30.0 Å². The van der Waals surface area contributed by atoms with Crippen molar-refractivity contribution in [3.8, 4) is 0 Å². The van der Waals surface area contributed by atoms with Crippen molar-refractivity contribution in [2.45, 2.75) is 71.3 Å². The van der Waals surface area contributed by atoms with E-state index in [0.29, 0.717) is 13.1 Å². The lowest BCUT2D eigenvalue weighted by atomic mass is 10.1. The molecule has 1 heterocycles. The second-order valence-corrected chi connectivity index (χ2v) is 13.8. The maximum Gasteiger partial charge on any atom is 0.226 e. The quantitative estimate of drug-likeness (QED) is 0.523. The predicted octanol–water partition coefficient (Wildman–Crippen LogP) is 5.39. The zero-order valence-corrected chi connectivity index (χ0v) is 18.3. The first-order chi connectivity index (χ1) is 12.1. The van der Waals surface area contributed by atoms with E-state index in [9.17, 15) is 4.79 Å². The summed E-state index contributed by atoms with van der Waals surface area (Å²) in [5.74, 6) is 0.241. The molecule has 1 amide bonds. The van der Waals surface area contributed by atoms with Gasteiger partial charge >= 0.3 is 0 Å². The molecule has 0 aliphatic carbocycles. The van der Waals surface area contributed by atoms with Gasteiger partial charge in [0.1, 0.15) is 0 Å². The molecule has 1 aliphatic heterocycles. The minimum atomic E-state index is -1.88. The molecule has 0 spiro atoms. The fraction of sp³-hybridized carbons (Fsp3) is 0.591. The van der Waals surface area contributed by atoms with E-state index in [1.165, 1.54) is 5.56 Å². The van der Waals surface area contributed by atoms with Gasteiger partial charge < -0.3 is 9.33 Å². The van der Waals surface area contributed by atoms with Crippen LogP contribution in [-0.4, -0.2) is 31.8 Å². The number of hydrogen-bond donors (Lipinski definition) is 0. The highest BCUT2D eigenvalue weighted by Gasteiger charge is 2.39. The van der Waals surface area contributed by atoms with Crippen LogP contribution in [0.1, 0.15) is 46.1 Å². The number of carbonyl (C=O) groups excluding carboxylic acids is 1. The van der Waals surface area contributed by atoms with Gasteiger partial charge in [0.05, 0.1) is 6.10 Å². The molecule has 0 saturated carbocycles. The van der Waals surface area contributed by atoms with E-state index in [4.69, 9.17) is 4.43 Å². The number of amides is 1. The Morgan fingerprint density at radius 3 is 2.35 bits per heavy atom. The lowest BCUT2D eigenvalue weighted by Crippen LogP contribution is -2.48. The molecule has 0 saturated heterocycles. The van der Waals surface area contributed by atoms with Crippen LogP contribution in [0.5, 0.6) is 0 Å². The highest BCUT2D eigenvalue weighted by atomic mass is 28.4. The number of hydrogen-bond acceptors (Lipinski definition) is 2. The number of nitrogens with zero attached hydrogens (tertiary/aromatic N) is 1. The lowest BCUT2D eigenvalue weighted by Gasteiger charge is -2.40. The molecule has 0 bridgehead atoms. The Balaban J connectivity index is 2.21. The van der Waals surface area contributed by atoms with Crippen molar-refractivity contribution in [2.24, 2.45) is 5.92 Å². The van der Waals surface area contributed by atoms with Crippen LogP contribution in [0.4, 0.5) is 0 Å². The van der Waals surface area contributed by atoms with Gasteiger partial charge in [0, 0.05) is 19.0 Å². The second kappa shape index (κ2) is 8.53. The van der Waals surface area contributed by atoms with Crippen LogP contribution < -0.4 is 0 Å². The minimum Gasteiger partial charge on any atom is -0.412 e. The summed E-state index contributed by atoms with van der Waals surface area (Å²) in [6.07, 6.45) is 6.09. The number of allylic oxidation sites excluding steroid dienone is 1. The molecule has 2 rings (SSSR count). The molecule has 0 unspecified atom stereocenters. The second-order valence-electron chi connectivity index (χ2n) is 9.05. The Labute approximate surface area is 160 Å². The van der Waals surface area contributed by atoms with Gasteiger partial charge in [-0.3, -0.25) is 4.79 Å². The molecule has 1 aromatic carbocycles. The van der Waals surface area contributed by atoms with Gasteiger partial charge in [-0.2, -0.15) is 0 Å². The van der Waals surface area contributed by atoms with E-state index < -0.39 is 8.32 Å². The predicted molar refractivity (Wildman–Crippen MR) is 111 cm³/mol. The molecule has 1 aliphatic rings. The molecule has 144 valence electrons. The van der Waals surface area contributed by atoms with Gasteiger partial charge in [-0.1, -0.05) is 70.2 Å². The van der Waals surface area contributed by atoms with Gasteiger partial charge in [0.2, 0.25) is 5.91 Å². The van der Waals surface area contributed by atoms with E-state index in [1.54, 1.807) is 0 Å². The van der Waals surface area contributed by atoms with Crippen molar-refractivity contribution in [3.05, 3.63) is 48.0 Å². The molecule has 0 N–H and O–H groups in total. The topological polar surface area (TPSA) is 29.5 Å². The Morgan fingerprint density at radius 2 is 1.73 bits per heavy atom. The van der Waals surface area contributed by atoms with Gasteiger partial charge in [-0.05, 0) is 36.5 Å². The summed E-state index contributed by atoms with van der Waals surface area (Å²) >= 11 is 0. The van der Waals surface area contributed by atoms with Crippen LogP contribution >= 0.6 is 0 Å². The summed E-state index contributed by atoms with van der Waals surface area (Å²) in [4.78, 5) is 15.0. The molecule has 3 nitrogen and oxygen atoms in total. The van der Waals surface area contributed by atoms with Crippen molar-refractivity contribution < 1.29 is 9.22 Å². The maximum atomic E-state index is 13.0. The van der Waals surface area contributed by atoms with Crippen LogP contribution in [0.25, 0.3) is 0 Å². The van der Waals surface area contributed by atoms with Gasteiger partial charge in [0.25, 0.3) is 0 Å². The molecule has 2 atom stereocenters. The summed E-state index contributed by atoms with van der Waals surface area (Å²) < 4.78 is 6.68. The average Bonchev–Trinajstić information content (AvgIpc) is 2.61. The van der Waals surface area contributed by atoms with Gasteiger partial charge in [-0.25, -0.2) is 0 Å². The zero-order chi connectivity index (χ0) is 19.4. The van der Waals surface area contributed by atoms with Crippen LogP contribution in [0, 0.1) is 5.92 Å². The molecule has 4 heteroatoms. The molecular weight excluding hydrogens is 338 g/mol. The van der Waals surface area contributed by atoms with Crippen molar-refractivity contribution in [3.63, 3.8) is 0 Å². The molecule has 0 fully saturated rings. The summed E-state index contributed by atoms with van der Waals surface area (Å²) in [6, 6.07) is 10.3. The Bertz CT molecular complexity index is 619. The highest BCUT2D eigenvalue weighted by molar-refractivity contribution is 6.74. The fourth-order valence-electron chi connectivity index (χ4n) is 3.00. The fourth-order valence-corrected chi connectivity index (χ4v) is 4.35. The summed E-state index contributed by atoms with van der Waals surface area (Å²) in [5.41, 5.74) is 1.17. The molecular formula is C22H35NO2Si. The highest BCUT2D eigenvalue weighted by Crippen LogP contribution is 2.38. The third-order valence-corrected chi connectivity index (χ3v) is 10.2. The molecule has 26 heavy (non-hydrogen) atoms. The zero-order valence-electron chi connectivity index (χ0n) is 17.3. The summed E-state index contributed by atoms with van der Waals surface area (Å²) in [5, 5.41) is 0.163. The van der Waals surface area contributed by atoms with E-state index >= 15 is 0 Å². The van der Waals surface area contributed by atoms with Gasteiger partial charge in [0.15, 0.2) is 8.32 Å². The SMILES string of the molecule is C[C@@H]1C/C=C/C[C@@H](O[Si](C)(C)C(C)(C)C)CN(Cc2ccccc2)C1=O. The summed E-state index contributed by atoms with van der Waals surface area (Å²) in [6.45, 7) is 14.7. The Morgan fingerprint density at radius 1 is 1.12 bits per heavy atom. The lowest BCUT2D eigenvalue weighted by molar-refractivity contribution is -0.136. The van der Waals surface area contributed by atoms with Crippen molar-refractivity contribution >= 4 is 14.2 Å². The molecule has 0 aromatic heterocycles. The van der Waals surface area contributed by atoms with Crippen molar-refractivity contribution in [2.75, 3.05) is 6.54 Å². The Hall–Kier alpha value is -1.39. The third kappa shape index (κ3) is 5.55. The van der Waals surface area contributed by atoms with Crippen LogP contribution in [0.3, 0.4) is 0 Å². The first-order valence-electron chi connectivity index (χ1n) is 9.75. The third-order valence-electron chi connectivity index (χ3n) is 5.70. The van der Waals surface area contributed by atoms with Gasteiger partial charge in [-0.15, -0.1) is 0 Å². The number of benzene rings is 1. The summed E-state index contributed by atoms with van der Waals surface area (Å²) in [7, 11) is -1.88. The normalized spacial score (nSPS) is 23.9. The molecule has 0 radical (unpaired) electrons.